The van der Waals surface area contributed by atoms with Crippen LogP contribution in [0.4, 0.5) is 0 Å². The van der Waals surface area contributed by atoms with E-state index in [1.807, 2.05) is 0 Å². The second-order valence-electron chi connectivity index (χ2n) is 6.74. The molecule has 100 valence electrons. The maximum Gasteiger partial charge on any atom is 0.0190 e. The molecule has 0 saturated heterocycles. The third kappa shape index (κ3) is 6.23. The van der Waals surface area contributed by atoms with Crippen LogP contribution >= 0.6 is 0 Å². The Morgan fingerprint density at radius 1 is 1.41 bits per heavy atom. The van der Waals surface area contributed by atoms with E-state index in [1.54, 1.807) is 0 Å². The third-order valence-electron chi connectivity index (χ3n) is 3.22. The Balaban J connectivity index is 2.30. The van der Waals surface area contributed by atoms with Crippen LogP contribution in [-0.4, -0.2) is 37.6 Å². The smallest absolute Gasteiger partial charge is 0.0190 e. The minimum atomic E-state index is 0.368. The lowest BCUT2D eigenvalue weighted by molar-refractivity contribution is 0.181. The molecule has 0 aromatic rings. The Morgan fingerprint density at radius 3 is 2.71 bits per heavy atom. The van der Waals surface area contributed by atoms with E-state index in [0.717, 1.165) is 25.6 Å². The van der Waals surface area contributed by atoms with Crippen molar-refractivity contribution in [3.8, 4) is 0 Å². The zero-order chi connectivity index (χ0) is 12.9. The quantitative estimate of drug-likeness (QED) is 0.716. The standard InChI is InChI=1S/C15H30N2/c1-13(2)9-16-11-15(4,5)12-17-8-6-7-14(3)10-17/h7,13,16H,6,8-12H2,1-5H3. The number of hydrogen-bond acceptors (Lipinski definition) is 2. The predicted molar refractivity (Wildman–Crippen MR) is 76.3 cm³/mol. The van der Waals surface area contributed by atoms with Gasteiger partial charge in [-0.3, -0.25) is 4.90 Å². The number of hydrogen-bond donors (Lipinski definition) is 1. The van der Waals surface area contributed by atoms with E-state index >= 15 is 0 Å². The van der Waals surface area contributed by atoms with Gasteiger partial charge in [-0.05, 0) is 31.2 Å². The van der Waals surface area contributed by atoms with Crippen LogP contribution in [0.15, 0.2) is 11.6 Å². The SMILES string of the molecule is CC1=CCCN(CC(C)(C)CNCC(C)C)C1. The van der Waals surface area contributed by atoms with Crippen LogP contribution in [0.1, 0.15) is 41.0 Å². The molecule has 0 spiro atoms. The highest BCUT2D eigenvalue weighted by Crippen LogP contribution is 2.19. The molecule has 1 aliphatic rings. The van der Waals surface area contributed by atoms with E-state index in [9.17, 15) is 0 Å². The Morgan fingerprint density at radius 2 is 2.12 bits per heavy atom. The first-order valence-corrected chi connectivity index (χ1v) is 6.98. The molecule has 1 aliphatic heterocycles. The van der Waals surface area contributed by atoms with E-state index in [0.29, 0.717) is 5.41 Å². The lowest BCUT2D eigenvalue weighted by Gasteiger charge is -2.35. The molecule has 0 saturated carbocycles. The summed E-state index contributed by atoms with van der Waals surface area (Å²) < 4.78 is 0. The Kier molecular flexibility index (Phi) is 5.68. The first-order valence-electron chi connectivity index (χ1n) is 6.98. The topological polar surface area (TPSA) is 15.3 Å². The molecular weight excluding hydrogens is 208 g/mol. The monoisotopic (exact) mass is 238 g/mol. The van der Waals surface area contributed by atoms with Crippen LogP contribution in [-0.2, 0) is 0 Å². The molecule has 0 aromatic heterocycles. The summed E-state index contributed by atoms with van der Waals surface area (Å²) in [6.45, 7) is 17.3. The Bertz CT molecular complexity index is 254. The predicted octanol–water partition coefficient (Wildman–Crippen LogP) is 2.91. The zero-order valence-corrected chi connectivity index (χ0v) is 12.3. The normalized spacial score (nSPS) is 18.6. The van der Waals surface area contributed by atoms with Gasteiger partial charge in [0.1, 0.15) is 0 Å². The van der Waals surface area contributed by atoms with E-state index in [-0.39, 0.29) is 0 Å². The van der Waals surface area contributed by atoms with Crippen LogP contribution < -0.4 is 5.32 Å². The van der Waals surface area contributed by atoms with Crippen molar-refractivity contribution in [2.24, 2.45) is 11.3 Å². The molecule has 0 amide bonds. The first-order chi connectivity index (χ1) is 7.89. The molecule has 0 bridgehead atoms. The van der Waals surface area contributed by atoms with Gasteiger partial charge in [-0.1, -0.05) is 39.3 Å². The minimum Gasteiger partial charge on any atom is -0.316 e. The fraction of sp³-hybridized carbons (Fsp3) is 0.867. The fourth-order valence-electron chi connectivity index (χ4n) is 2.49. The van der Waals surface area contributed by atoms with Crippen LogP contribution in [0, 0.1) is 11.3 Å². The summed E-state index contributed by atoms with van der Waals surface area (Å²) in [5.74, 6) is 0.742. The van der Waals surface area contributed by atoms with Crippen molar-refractivity contribution in [3.05, 3.63) is 11.6 Å². The van der Waals surface area contributed by atoms with E-state index < -0.39 is 0 Å². The third-order valence-corrected chi connectivity index (χ3v) is 3.22. The lowest BCUT2D eigenvalue weighted by atomic mass is 9.91. The average Bonchev–Trinajstić information content (AvgIpc) is 2.15. The van der Waals surface area contributed by atoms with Crippen molar-refractivity contribution >= 4 is 0 Å². The van der Waals surface area contributed by atoms with Gasteiger partial charge >= 0.3 is 0 Å². The van der Waals surface area contributed by atoms with E-state index in [1.165, 1.54) is 25.1 Å². The van der Waals surface area contributed by atoms with Gasteiger partial charge in [-0.25, -0.2) is 0 Å². The summed E-state index contributed by atoms with van der Waals surface area (Å²) in [7, 11) is 0. The summed E-state index contributed by atoms with van der Waals surface area (Å²) in [4.78, 5) is 2.59. The molecule has 0 unspecified atom stereocenters. The van der Waals surface area contributed by atoms with Crippen LogP contribution in [0.5, 0.6) is 0 Å². The average molecular weight is 238 g/mol. The molecule has 0 radical (unpaired) electrons. The molecule has 17 heavy (non-hydrogen) atoms. The Labute approximate surface area is 107 Å². The largest absolute Gasteiger partial charge is 0.316 e. The fourth-order valence-corrected chi connectivity index (χ4v) is 2.49. The number of nitrogens with one attached hydrogen (secondary N) is 1. The van der Waals surface area contributed by atoms with Crippen molar-refractivity contribution in [2.45, 2.75) is 41.0 Å². The highest BCUT2D eigenvalue weighted by molar-refractivity contribution is 5.04. The minimum absolute atomic E-state index is 0.368. The van der Waals surface area contributed by atoms with Gasteiger partial charge in [-0.2, -0.15) is 0 Å². The van der Waals surface area contributed by atoms with E-state index in [2.05, 4.69) is 50.9 Å². The van der Waals surface area contributed by atoms with Crippen LogP contribution in [0.3, 0.4) is 0 Å². The second kappa shape index (κ2) is 6.55. The van der Waals surface area contributed by atoms with Crippen molar-refractivity contribution in [3.63, 3.8) is 0 Å². The van der Waals surface area contributed by atoms with Crippen molar-refractivity contribution in [1.82, 2.24) is 10.2 Å². The van der Waals surface area contributed by atoms with Gasteiger partial charge in [0.05, 0.1) is 0 Å². The first kappa shape index (κ1) is 14.7. The van der Waals surface area contributed by atoms with Crippen molar-refractivity contribution < 1.29 is 0 Å². The molecule has 2 nitrogen and oxygen atoms in total. The maximum absolute atomic E-state index is 3.58. The van der Waals surface area contributed by atoms with Crippen LogP contribution in [0.2, 0.25) is 0 Å². The lowest BCUT2D eigenvalue weighted by Crippen LogP contribution is -2.43. The van der Waals surface area contributed by atoms with Gasteiger partial charge in [0.2, 0.25) is 0 Å². The summed E-state index contributed by atoms with van der Waals surface area (Å²) in [5, 5.41) is 3.58. The Hall–Kier alpha value is -0.340. The molecule has 1 rings (SSSR count). The second-order valence-corrected chi connectivity index (χ2v) is 6.74. The van der Waals surface area contributed by atoms with Crippen molar-refractivity contribution in [1.29, 1.82) is 0 Å². The summed E-state index contributed by atoms with van der Waals surface area (Å²) in [6.07, 6.45) is 3.60. The molecule has 2 heteroatoms. The number of nitrogens with zero attached hydrogens (tertiary/aromatic N) is 1. The van der Waals surface area contributed by atoms with Gasteiger partial charge in [0, 0.05) is 26.2 Å². The molecule has 0 aliphatic carbocycles. The zero-order valence-electron chi connectivity index (χ0n) is 12.3. The maximum atomic E-state index is 3.58. The molecule has 1 N–H and O–H groups in total. The van der Waals surface area contributed by atoms with Crippen molar-refractivity contribution in [2.75, 3.05) is 32.7 Å². The molecule has 0 aromatic carbocycles. The molecule has 1 heterocycles. The summed E-state index contributed by atoms with van der Waals surface area (Å²) in [5.41, 5.74) is 1.90. The van der Waals surface area contributed by atoms with Gasteiger partial charge in [0.25, 0.3) is 0 Å². The highest BCUT2D eigenvalue weighted by Gasteiger charge is 2.22. The summed E-state index contributed by atoms with van der Waals surface area (Å²) in [6, 6.07) is 0. The van der Waals surface area contributed by atoms with Gasteiger partial charge in [0.15, 0.2) is 0 Å². The molecular formula is C15H30N2. The van der Waals surface area contributed by atoms with Gasteiger partial charge < -0.3 is 5.32 Å². The van der Waals surface area contributed by atoms with Gasteiger partial charge in [-0.15, -0.1) is 0 Å². The van der Waals surface area contributed by atoms with Crippen LogP contribution in [0.25, 0.3) is 0 Å². The molecule has 0 atom stereocenters. The summed E-state index contributed by atoms with van der Waals surface area (Å²) >= 11 is 0. The highest BCUT2D eigenvalue weighted by atomic mass is 15.1. The number of rotatable bonds is 6. The molecule has 0 fully saturated rings. The van der Waals surface area contributed by atoms with E-state index in [4.69, 9.17) is 0 Å².